The third-order valence-corrected chi connectivity index (χ3v) is 4.87. The van der Waals surface area contributed by atoms with E-state index in [1.165, 1.54) is 17.0 Å². The Morgan fingerprint density at radius 1 is 1.18 bits per heavy atom. The number of hydrogen-bond donors (Lipinski definition) is 4. The quantitative estimate of drug-likeness (QED) is 0.339. The molecule has 0 bridgehead atoms. The Bertz CT molecular complexity index is 852. The van der Waals surface area contributed by atoms with E-state index < -0.39 is 41.5 Å². The molecule has 0 saturated heterocycles. The molecule has 0 fully saturated rings. The van der Waals surface area contributed by atoms with Gasteiger partial charge in [-0.25, -0.2) is 4.79 Å². The summed E-state index contributed by atoms with van der Waals surface area (Å²) in [4.78, 5) is 51.8. The third kappa shape index (κ3) is 9.68. The minimum Gasteiger partial charge on any atom is -0.508 e. The number of nitrogens with one attached hydrogen (secondary N) is 2. The lowest BCUT2D eigenvalue weighted by molar-refractivity contribution is -0.142. The van der Waals surface area contributed by atoms with Crippen LogP contribution >= 0.6 is 0 Å². The number of unbranched alkanes of at least 4 members (excludes halogenated alkanes) is 1. The molecule has 0 radical (unpaired) electrons. The fourth-order valence-electron chi connectivity index (χ4n) is 3.31. The number of hydrogen-bond acceptors (Lipinski definition) is 6. The van der Waals surface area contributed by atoms with E-state index in [0.29, 0.717) is 12.1 Å². The Morgan fingerprint density at radius 3 is 2.38 bits per heavy atom. The first-order valence-corrected chi connectivity index (χ1v) is 11.5. The third-order valence-electron chi connectivity index (χ3n) is 4.87. The number of likely N-dealkylation sites (N-methyl/N-ethyl adjacent to an activating group) is 1. The summed E-state index contributed by atoms with van der Waals surface area (Å²) in [7, 11) is 0. The van der Waals surface area contributed by atoms with Crippen LogP contribution in [0.3, 0.4) is 0 Å². The maximum Gasteiger partial charge on any atom is 0.408 e. The van der Waals surface area contributed by atoms with E-state index in [2.05, 4.69) is 10.6 Å². The van der Waals surface area contributed by atoms with Crippen molar-refractivity contribution in [2.45, 2.75) is 78.0 Å². The summed E-state index contributed by atoms with van der Waals surface area (Å²) in [6, 6.07) is 3.90. The molecule has 0 aliphatic rings. The smallest absolute Gasteiger partial charge is 0.408 e. The molecule has 10 heteroatoms. The second kappa shape index (κ2) is 13.4. The van der Waals surface area contributed by atoms with Crippen molar-refractivity contribution in [1.82, 2.24) is 15.5 Å². The van der Waals surface area contributed by atoms with Gasteiger partial charge in [-0.1, -0.05) is 25.5 Å². The van der Waals surface area contributed by atoms with Crippen molar-refractivity contribution >= 4 is 23.8 Å². The summed E-state index contributed by atoms with van der Waals surface area (Å²) in [6.07, 6.45) is 0.604. The molecule has 2 unspecified atom stereocenters. The second-order valence-corrected chi connectivity index (χ2v) is 8.97. The average Bonchev–Trinajstić information content (AvgIpc) is 2.73. The summed E-state index contributed by atoms with van der Waals surface area (Å²) >= 11 is 0. The van der Waals surface area contributed by atoms with Crippen LogP contribution in [0.5, 0.6) is 5.75 Å². The van der Waals surface area contributed by atoms with Gasteiger partial charge < -0.3 is 31.1 Å². The van der Waals surface area contributed by atoms with Crippen LogP contribution in [-0.4, -0.2) is 58.6 Å². The van der Waals surface area contributed by atoms with E-state index in [-0.39, 0.29) is 25.1 Å². The number of carbonyl (C=O) groups excluding carboxylic acids is 4. The van der Waals surface area contributed by atoms with Crippen LogP contribution in [0, 0.1) is 0 Å². The van der Waals surface area contributed by atoms with Crippen molar-refractivity contribution in [2.75, 3.05) is 13.1 Å². The fourth-order valence-corrected chi connectivity index (χ4v) is 3.31. The molecule has 1 aromatic carbocycles. The van der Waals surface area contributed by atoms with Gasteiger partial charge in [-0.3, -0.25) is 14.4 Å². The van der Waals surface area contributed by atoms with E-state index in [9.17, 15) is 24.3 Å². The largest absolute Gasteiger partial charge is 0.508 e. The predicted molar refractivity (Wildman–Crippen MR) is 128 cm³/mol. The van der Waals surface area contributed by atoms with Gasteiger partial charge in [0.2, 0.25) is 17.7 Å². The highest BCUT2D eigenvalue weighted by Gasteiger charge is 2.35. The van der Waals surface area contributed by atoms with Gasteiger partial charge >= 0.3 is 6.09 Å². The molecule has 34 heavy (non-hydrogen) atoms. The Kier molecular flexibility index (Phi) is 11.3. The average molecular weight is 479 g/mol. The summed E-state index contributed by atoms with van der Waals surface area (Å²) in [5, 5.41) is 15.3. The molecule has 190 valence electrons. The molecule has 5 N–H and O–H groups in total. The number of nitrogens with zero attached hydrogens (tertiary/aromatic N) is 1. The van der Waals surface area contributed by atoms with Crippen molar-refractivity contribution in [3.05, 3.63) is 29.8 Å². The van der Waals surface area contributed by atoms with Gasteiger partial charge in [-0.05, 0) is 58.2 Å². The summed E-state index contributed by atoms with van der Waals surface area (Å²) < 4.78 is 5.26. The lowest BCUT2D eigenvalue weighted by Crippen LogP contribution is -2.53. The van der Waals surface area contributed by atoms with Gasteiger partial charge in [-0.15, -0.1) is 0 Å². The van der Waals surface area contributed by atoms with E-state index >= 15 is 0 Å². The summed E-state index contributed by atoms with van der Waals surface area (Å²) in [5.74, 6) is -1.67. The van der Waals surface area contributed by atoms with Crippen LogP contribution in [0.15, 0.2) is 24.3 Å². The van der Waals surface area contributed by atoms with Gasteiger partial charge in [0.1, 0.15) is 23.4 Å². The van der Waals surface area contributed by atoms with Crippen molar-refractivity contribution in [1.29, 1.82) is 0 Å². The number of amides is 4. The van der Waals surface area contributed by atoms with Gasteiger partial charge in [0.25, 0.3) is 0 Å². The number of aromatic hydroxyl groups is 1. The van der Waals surface area contributed by atoms with E-state index in [4.69, 9.17) is 10.5 Å². The number of phenols is 1. The molecule has 1 rings (SSSR count). The number of carbonyl (C=O) groups is 4. The van der Waals surface area contributed by atoms with Gasteiger partial charge in [-0.2, -0.15) is 0 Å². The normalized spacial score (nSPS) is 12.9. The highest BCUT2D eigenvalue weighted by atomic mass is 16.6. The minimum atomic E-state index is -1.15. The molecular weight excluding hydrogens is 440 g/mol. The molecule has 0 saturated carbocycles. The minimum absolute atomic E-state index is 0.0514. The standard InChI is InChI=1S/C24H38N4O6/c1-6-8-14-26-21(31)20(16-10-9-11-17(29)15-16)28(7-2)22(32)18(12-13-19(25)30)27-23(33)34-24(3,4)5/h9-11,15,18,20,29H,6-8,12-14H2,1-5H3,(H2,25,30)(H,26,31)(H,27,33). The topological polar surface area (TPSA) is 151 Å². The SMILES string of the molecule is CCCCNC(=O)C(c1cccc(O)c1)N(CC)C(=O)C(CCC(N)=O)NC(=O)OC(C)(C)C. The van der Waals surface area contributed by atoms with Gasteiger partial charge in [0.05, 0.1) is 0 Å². The van der Waals surface area contributed by atoms with Crippen LogP contribution in [-0.2, 0) is 19.1 Å². The molecule has 0 spiro atoms. The summed E-state index contributed by atoms with van der Waals surface area (Å²) in [6.45, 7) is 9.30. The maximum atomic E-state index is 13.6. The molecule has 4 amide bonds. The Hall–Kier alpha value is -3.30. The number of phenolic OH excluding ortho intramolecular Hbond substituents is 1. The van der Waals surface area contributed by atoms with Crippen molar-refractivity contribution < 1.29 is 29.0 Å². The molecular formula is C24H38N4O6. The highest BCUT2D eigenvalue weighted by Crippen LogP contribution is 2.26. The van der Waals surface area contributed by atoms with Crippen molar-refractivity contribution in [3.8, 4) is 5.75 Å². The lowest BCUT2D eigenvalue weighted by Gasteiger charge is -2.33. The molecule has 10 nitrogen and oxygen atoms in total. The predicted octanol–water partition coefficient (Wildman–Crippen LogP) is 2.36. The molecule has 0 heterocycles. The molecule has 2 atom stereocenters. The van der Waals surface area contributed by atoms with Crippen LogP contribution in [0.1, 0.15) is 71.9 Å². The first-order valence-electron chi connectivity index (χ1n) is 11.5. The monoisotopic (exact) mass is 478 g/mol. The molecule has 0 aliphatic heterocycles. The van der Waals surface area contributed by atoms with E-state index in [0.717, 1.165) is 12.8 Å². The molecule has 1 aromatic rings. The molecule has 0 aromatic heterocycles. The van der Waals surface area contributed by atoms with Crippen LogP contribution in [0.25, 0.3) is 0 Å². The highest BCUT2D eigenvalue weighted by molar-refractivity contribution is 5.92. The van der Waals surface area contributed by atoms with E-state index in [1.807, 2.05) is 6.92 Å². The van der Waals surface area contributed by atoms with Crippen molar-refractivity contribution in [3.63, 3.8) is 0 Å². The van der Waals surface area contributed by atoms with Crippen LogP contribution in [0.4, 0.5) is 4.79 Å². The Balaban J connectivity index is 3.30. The summed E-state index contributed by atoms with van der Waals surface area (Å²) in [5.41, 5.74) is 4.88. The van der Waals surface area contributed by atoms with E-state index in [1.54, 1.807) is 39.8 Å². The lowest BCUT2D eigenvalue weighted by atomic mass is 10.0. The molecule has 0 aliphatic carbocycles. The zero-order valence-electron chi connectivity index (χ0n) is 20.7. The number of nitrogens with two attached hydrogens (primary N) is 1. The first kappa shape index (κ1) is 28.7. The van der Waals surface area contributed by atoms with Crippen LogP contribution in [0.2, 0.25) is 0 Å². The number of alkyl carbamates (subject to hydrolysis) is 1. The van der Waals surface area contributed by atoms with Gasteiger partial charge in [0, 0.05) is 19.5 Å². The number of ether oxygens (including phenoxy) is 1. The Labute approximate surface area is 201 Å². The number of primary amides is 1. The number of rotatable bonds is 12. The Morgan fingerprint density at radius 2 is 1.85 bits per heavy atom. The maximum absolute atomic E-state index is 13.6. The fraction of sp³-hybridized carbons (Fsp3) is 0.583. The first-order chi connectivity index (χ1) is 15.9. The number of benzene rings is 1. The van der Waals surface area contributed by atoms with Crippen molar-refractivity contribution in [2.24, 2.45) is 5.73 Å². The van der Waals surface area contributed by atoms with Crippen LogP contribution < -0.4 is 16.4 Å². The zero-order chi connectivity index (χ0) is 25.9. The zero-order valence-corrected chi connectivity index (χ0v) is 20.7. The van der Waals surface area contributed by atoms with Gasteiger partial charge in [0.15, 0.2) is 0 Å². The second-order valence-electron chi connectivity index (χ2n) is 8.97.